The normalized spacial score (nSPS) is 11.5. The third kappa shape index (κ3) is 8.89. The average molecular weight is 466 g/mol. The molecule has 3 N–H and O–H groups in total. The number of hydrogen-bond donors (Lipinski definition) is 3. The molecule has 6 nitrogen and oxygen atoms in total. The van der Waals surface area contributed by atoms with Crippen molar-refractivity contribution in [3.8, 4) is 5.75 Å². The number of carbonyl (C=O) groups excluding carboxylic acids is 1. The van der Waals surface area contributed by atoms with Crippen LogP contribution < -0.4 is 10.6 Å². The summed E-state index contributed by atoms with van der Waals surface area (Å²) in [6.07, 6.45) is 0. The van der Waals surface area contributed by atoms with E-state index >= 15 is 0 Å². The molecule has 142 valence electrons. The lowest BCUT2D eigenvalue weighted by molar-refractivity contribution is -0.122. The number of amides is 1. The second-order valence-electron chi connectivity index (χ2n) is 6.61. The fourth-order valence-electron chi connectivity index (χ4n) is 2.03. The van der Waals surface area contributed by atoms with E-state index in [1.807, 2.05) is 27.7 Å². The molecule has 0 aromatic heterocycles. The highest BCUT2D eigenvalue weighted by Gasteiger charge is 2.16. The van der Waals surface area contributed by atoms with E-state index < -0.39 is 5.82 Å². The fraction of sp³-hybridized carbons (Fsp3) is 0.529. The van der Waals surface area contributed by atoms with Crippen molar-refractivity contribution in [3.63, 3.8) is 0 Å². The number of nitrogens with zero attached hydrogens (tertiary/aromatic N) is 2. The summed E-state index contributed by atoms with van der Waals surface area (Å²) in [6.45, 7) is 8.74. The predicted molar refractivity (Wildman–Crippen MR) is 109 cm³/mol. The minimum Gasteiger partial charge on any atom is -0.505 e. The number of rotatable bonds is 5. The summed E-state index contributed by atoms with van der Waals surface area (Å²) in [5.41, 5.74) is 0.338. The Morgan fingerprint density at radius 2 is 2.00 bits per heavy atom. The number of aliphatic imine (C=N–C) groups is 1. The molecule has 25 heavy (non-hydrogen) atoms. The van der Waals surface area contributed by atoms with Crippen molar-refractivity contribution in [1.82, 2.24) is 15.5 Å². The largest absolute Gasteiger partial charge is 0.505 e. The van der Waals surface area contributed by atoms with Crippen molar-refractivity contribution in [2.75, 3.05) is 20.1 Å². The summed E-state index contributed by atoms with van der Waals surface area (Å²) >= 11 is 0. The van der Waals surface area contributed by atoms with Crippen LogP contribution in [0.3, 0.4) is 0 Å². The first kappa shape index (κ1) is 23.4. The average Bonchev–Trinajstić information content (AvgIpc) is 2.44. The maximum atomic E-state index is 13.4. The molecule has 0 aliphatic rings. The van der Waals surface area contributed by atoms with Crippen LogP contribution in [0.15, 0.2) is 23.2 Å². The molecule has 0 radical (unpaired) electrons. The third-order valence-corrected chi connectivity index (χ3v) is 3.02. The molecule has 0 heterocycles. The molecule has 1 rings (SSSR count). The van der Waals surface area contributed by atoms with Crippen LogP contribution in [0, 0.1) is 5.82 Å². The summed E-state index contributed by atoms with van der Waals surface area (Å²) < 4.78 is 13.4. The summed E-state index contributed by atoms with van der Waals surface area (Å²) in [4.78, 5) is 18.1. The second-order valence-corrected chi connectivity index (χ2v) is 6.61. The molecule has 0 spiro atoms. The van der Waals surface area contributed by atoms with E-state index in [0.717, 1.165) is 0 Å². The number of benzene rings is 1. The minimum atomic E-state index is -0.675. The van der Waals surface area contributed by atoms with Crippen LogP contribution >= 0.6 is 24.0 Å². The van der Waals surface area contributed by atoms with Crippen molar-refractivity contribution in [2.45, 2.75) is 39.8 Å². The Bertz CT molecular complexity index is 603. The smallest absolute Gasteiger partial charge is 0.240 e. The van der Waals surface area contributed by atoms with Crippen LogP contribution in [0.5, 0.6) is 5.75 Å². The SMILES string of the molecule is CCNC(=NCc1ccc(O)c(F)c1)N(C)CC(=O)NC(C)(C)C.I. The van der Waals surface area contributed by atoms with Crippen LogP contribution in [-0.2, 0) is 11.3 Å². The molecule has 0 aliphatic heterocycles. The zero-order valence-electron chi connectivity index (χ0n) is 15.4. The van der Waals surface area contributed by atoms with Gasteiger partial charge in [-0.15, -0.1) is 24.0 Å². The van der Waals surface area contributed by atoms with Crippen LogP contribution in [0.1, 0.15) is 33.3 Å². The molecule has 0 aliphatic carbocycles. The highest BCUT2D eigenvalue weighted by molar-refractivity contribution is 14.0. The molecule has 0 bridgehead atoms. The Labute approximate surface area is 165 Å². The molecular formula is C17H28FIN4O2. The van der Waals surface area contributed by atoms with Gasteiger partial charge in [-0.25, -0.2) is 9.38 Å². The second kappa shape index (κ2) is 10.4. The number of hydrogen-bond acceptors (Lipinski definition) is 3. The Morgan fingerprint density at radius 1 is 1.36 bits per heavy atom. The summed E-state index contributed by atoms with van der Waals surface area (Å²) in [6, 6.07) is 4.15. The van der Waals surface area contributed by atoms with Gasteiger partial charge in [-0.3, -0.25) is 4.79 Å². The Balaban J connectivity index is 0.00000576. The molecule has 0 atom stereocenters. The highest BCUT2D eigenvalue weighted by atomic mass is 127. The standard InChI is InChI=1S/C17H27FN4O2.HI/c1-6-19-16(22(5)11-15(24)21-17(2,3)4)20-10-12-7-8-14(23)13(18)9-12;/h7-9,23H,6,10-11H2,1-5H3,(H,19,20)(H,21,24);1H. The number of phenolic OH excluding ortho intramolecular Hbond substituents is 1. The number of guanidine groups is 1. The molecule has 0 saturated carbocycles. The molecule has 1 aromatic carbocycles. The number of nitrogens with one attached hydrogen (secondary N) is 2. The van der Waals surface area contributed by atoms with Gasteiger partial charge in [0.25, 0.3) is 0 Å². The van der Waals surface area contributed by atoms with Gasteiger partial charge in [0.1, 0.15) is 0 Å². The van der Waals surface area contributed by atoms with Crippen molar-refractivity contribution in [2.24, 2.45) is 4.99 Å². The molecule has 1 aromatic rings. The molecular weight excluding hydrogens is 438 g/mol. The number of likely N-dealkylation sites (N-methyl/N-ethyl adjacent to an activating group) is 1. The monoisotopic (exact) mass is 466 g/mol. The quantitative estimate of drug-likeness (QED) is 0.354. The van der Waals surface area contributed by atoms with Gasteiger partial charge in [-0.2, -0.15) is 0 Å². The van der Waals surface area contributed by atoms with Gasteiger partial charge in [0.05, 0.1) is 13.1 Å². The topological polar surface area (TPSA) is 77.0 Å². The zero-order valence-corrected chi connectivity index (χ0v) is 17.7. The number of carbonyl (C=O) groups is 1. The van der Waals surface area contributed by atoms with E-state index in [1.54, 1.807) is 18.0 Å². The van der Waals surface area contributed by atoms with E-state index in [0.29, 0.717) is 18.1 Å². The van der Waals surface area contributed by atoms with Gasteiger partial charge in [-0.1, -0.05) is 6.07 Å². The van der Waals surface area contributed by atoms with E-state index in [-0.39, 0.29) is 54.3 Å². The van der Waals surface area contributed by atoms with E-state index in [4.69, 9.17) is 0 Å². The first-order valence-electron chi connectivity index (χ1n) is 7.90. The Kier molecular flexibility index (Phi) is 9.76. The summed E-state index contributed by atoms with van der Waals surface area (Å²) in [5, 5.41) is 15.2. The fourth-order valence-corrected chi connectivity index (χ4v) is 2.03. The first-order valence-corrected chi connectivity index (χ1v) is 7.90. The first-order chi connectivity index (χ1) is 11.1. The Hall–Kier alpha value is -1.58. The number of aromatic hydroxyl groups is 1. The minimum absolute atomic E-state index is 0. The van der Waals surface area contributed by atoms with Gasteiger partial charge >= 0.3 is 0 Å². The van der Waals surface area contributed by atoms with Gasteiger partial charge in [0, 0.05) is 19.1 Å². The molecule has 1 amide bonds. The summed E-state index contributed by atoms with van der Waals surface area (Å²) in [5.74, 6) is -0.613. The van der Waals surface area contributed by atoms with Crippen LogP contribution in [0.4, 0.5) is 4.39 Å². The van der Waals surface area contributed by atoms with E-state index in [1.165, 1.54) is 12.1 Å². The van der Waals surface area contributed by atoms with Gasteiger partial charge < -0.3 is 20.6 Å². The maximum absolute atomic E-state index is 13.4. The number of phenols is 1. The number of halogens is 2. The van der Waals surface area contributed by atoms with Gasteiger partial charge in [0.2, 0.25) is 5.91 Å². The van der Waals surface area contributed by atoms with Crippen LogP contribution in [-0.4, -0.2) is 47.5 Å². The molecule has 0 unspecified atom stereocenters. The highest BCUT2D eigenvalue weighted by Crippen LogP contribution is 2.16. The van der Waals surface area contributed by atoms with Crippen LogP contribution in [0.25, 0.3) is 0 Å². The van der Waals surface area contributed by atoms with Crippen LogP contribution in [0.2, 0.25) is 0 Å². The third-order valence-electron chi connectivity index (χ3n) is 3.02. The van der Waals surface area contributed by atoms with Crippen molar-refractivity contribution in [1.29, 1.82) is 0 Å². The Morgan fingerprint density at radius 3 is 2.52 bits per heavy atom. The summed E-state index contributed by atoms with van der Waals surface area (Å²) in [7, 11) is 1.77. The lowest BCUT2D eigenvalue weighted by atomic mass is 10.1. The zero-order chi connectivity index (χ0) is 18.3. The van der Waals surface area contributed by atoms with Crippen molar-refractivity contribution < 1.29 is 14.3 Å². The van der Waals surface area contributed by atoms with Crippen molar-refractivity contribution in [3.05, 3.63) is 29.6 Å². The maximum Gasteiger partial charge on any atom is 0.240 e. The van der Waals surface area contributed by atoms with Gasteiger partial charge in [-0.05, 0) is 45.4 Å². The molecule has 0 fully saturated rings. The van der Waals surface area contributed by atoms with Crippen molar-refractivity contribution >= 4 is 35.8 Å². The van der Waals surface area contributed by atoms with E-state index in [9.17, 15) is 14.3 Å². The van der Waals surface area contributed by atoms with E-state index in [2.05, 4.69) is 15.6 Å². The van der Waals surface area contributed by atoms with Gasteiger partial charge in [0.15, 0.2) is 17.5 Å². The lowest BCUT2D eigenvalue weighted by Gasteiger charge is -2.25. The molecule has 0 saturated heterocycles. The lowest BCUT2D eigenvalue weighted by Crippen LogP contribution is -2.48. The molecule has 8 heteroatoms. The predicted octanol–water partition coefficient (Wildman–Crippen LogP) is 2.46.